The molecule has 5 rings (SSSR count). The summed E-state index contributed by atoms with van der Waals surface area (Å²) in [5.74, 6) is 0.383. The summed E-state index contributed by atoms with van der Waals surface area (Å²) in [5, 5.41) is 11.0. The van der Waals surface area contributed by atoms with Crippen LogP contribution in [-0.4, -0.2) is 30.5 Å². The summed E-state index contributed by atoms with van der Waals surface area (Å²) in [6.07, 6.45) is -0.434. The molecule has 40 heavy (non-hydrogen) atoms. The zero-order chi connectivity index (χ0) is 28.5. The van der Waals surface area contributed by atoms with Crippen molar-refractivity contribution in [1.82, 2.24) is 15.0 Å². The Balaban J connectivity index is 1.61. The van der Waals surface area contributed by atoms with Gasteiger partial charge in [0.15, 0.2) is 0 Å². The van der Waals surface area contributed by atoms with Gasteiger partial charge in [0.1, 0.15) is 17.9 Å². The Morgan fingerprint density at radius 1 is 0.950 bits per heavy atom. The molecule has 0 saturated carbocycles. The van der Waals surface area contributed by atoms with Gasteiger partial charge in [-0.3, -0.25) is 9.71 Å². The number of halogens is 3. The van der Waals surface area contributed by atoms with E-state index in [2.05, 4.69) is 25.7 Å². The third-order valence-corrected chi connectivity index (χ3v) is 7.44. The fourth-order valence-corrected chi connectivity index (χ4v) is 5.26. The van der Waals surface area contributed by atoms with E-state index in [-0.39, 0.29) is 33.2 Å². The lowest BCUT2D eigenvalue weighted by Gasteiger charge is -2.15. The topological polar surface area (TPSA) is 118 Å². The van der Waals surface area contributed by atoms with Crippen molar-refractivity contribution in [3.63, 3.8) is 0 Å². The van der Waals surface area contributed by atoms with E-state index in [1.165, 1.54) is 68.3 Å². The first-order chi connectivity index (χ1) is 19.1. The van der Waals surface area contributed by atoms with Gasteiger partial charge in [-0.25, -0.2) is 18.4 Å². The second kappa shape index (κ2) is 10.3. The number of ether oxygens (including phenoxy) is 1. The highest BCUT2D eigenvalue weighted by molar-refractivity contribution is 7.92. The van der Waals surface area contributed by atoms with E-state index in [4.69, 9.17) is 4.74 Å². The van der Waals surface area contributed by atoms with Gasteiger partial charge in [0.2, 0.25) is 0 Å². The minimum atomic E-state index is -4.55. The molecule has 0 saturated heterocycles. The standard InChI is InChI=1S/C28H18F3N5O3S/c1-39-25-14-23(17-3-2-4-20(11-17)28(29,30)31)19(15-32)13-24(25)27-22-6-5-21(12-18(22)7-10-34-27)40(37,38)36-26-8-9-33-16-35-26/h2-14,16H,1H3,(H,33,35,36). The Bertz CT molecular complexity index is 1890. The second-order valence-corrected chi connectivity index (χ2v) is 10.2. The highest BCUT2D eigenvalue weighted by atomic mass is 32.2. The molecular weight excluding hydrogens is 543 g/mol. The van der Waals surface area contributed by atoms with Gasteiger partial charge in [-0.05, 0) is 59.5 Å². The molecule has 0 aliphatic carbocycles. The van der Waals surface area contributed by atoms with Crippen LogP contribution in [0.25, 0.3) is 33.2 Å². The molecule has 0 radical (unpaired) electrons. The summed E-state index contributed by atoms with van der Waals surface area (Å²) in [4.78, 5) is 12.1. The first-order valence-corrected chi connectivity index (χ1v) is 13.1. The first kappa shape index (κ1) is 26.6. The molecule has 3 aromatic carbocycles. The number of pyridine rings is 1. The van der Waals surface area contributed by atoms with Crippen molar-refractivity contribution in [3.8, 4) is 34.2 Å². The van der Waals surface area contributed by atoms with E-state index in [0.717, 1.165) is 12.1 Å². The summed E-state index contributed by atoms with van der Waals surface area (Å²) in [7, 11) is -2.57. The van der Waals surface area contributed by atoms with Crippen LogP contribution >= 0.6 is 0 Å². The third kappa shape index (κ3) is 5.14. The molecule has 8 nitrogen and oxygen atoms in total. The monoisotopic (exact) mass is 561 g/mol. The van der Waals surface area contributed by atoms with E-state index in [0.29, 0.717) is 22.0 Å². The van der Waals surface area contributed by atoms with Gasteiger partial charge >= 0.3 is 6.18 Å². The summed E-state index contributed by atoms with van der Waals surface area (Å²) >= 11 is 0. The van der Waals surface area contributed by atoms with E-state index >= 15 is 0 Å². The van der Waals surface area contributed by atoms with Crippen molar-refractivity contribution in [1.29, 1.82) is 5.26 Å². The molecule has 0 bridgehead atoms. The summed E-state index contributed by atoms with van der Waals surface area (Å²) in [5.41, 5.74) is 0.547. The molecular formula is C28H18F3N5O3S. The van der Waals surface area contributed by atoms with Gasteiger partial charge in [-0.15, -0.1) is 0 Å². The van der Waals surface area contributed by atoms with E-state index in [9.17, 15) is 26.9 Å². The molecule has 0 spiro atoms. The number of alkyl halides is 3. The van der Waals surface area contributed by atoms with Crippen molar-refractivity contribution in [2.24, 2.45) is 0 Å². The smallest absolute Gasteiger partial charge is 0.416 e. The van der Waals surface area contributed by atoms with Crippen LogP contribution in [0.4, 0.5) is 19.0 Å². The van der Waals surface area contributed by atoms with E-state index < -0.39 is 21.8 Å². The largest absolute Gasteiger partial charge is 0.496 e. The maximum absolute atomic E-state index is 13.3. The molecule has 5 aromatic rings. The predicted octanol–water partition coefficient (Wildman–Crippen LogP) is 6.06. The fourth-order valence-electron chi connectivity index (χ4n) is 4.21. The number of nitrogens with one attached hydrogen (secondary N) is 1. The van der Waals surface area contributed by atoms with Crippen LogP contribution in [0.1, 0.15) is 11.1 Å². The zero-order valence-corrected chi connectivity index (χ0v) is 21.5. The van der Waals surface area contributed by atoms with Crippen molar-refractivity contribution >= 4 is 26.6 Å². The number of aromatic nitrogens is 3. The highest BCUT2D eigenvalue weighted by Gasteiger charge is 2.30. The van der Waals surface area contributed by atoms with Crippen molar-refractivity contribution in [2.75, 3.05) is 11.8 Å². The minimum absolute atomic E-state index is 0.0136. The SMILES string of the molecule is COc1cc(-c2cccc(C(F)(F)F)c2)c(C#N)cc1-c1nccc2cc(S(=O)(=O)Nc3ccncn3)ccc12. The Morgan fingerprint density at radius 3 is 2.48 bits per heavy atom. The number of benzene rings is 3. The lowest BCUT2D eigenvalue weighted by molar-refractivity contribution is -0.137. The summed E-state index contributed by atoms with van der Waals surface area (Å²) < 4.78 is 73.7. The van der Waals surface area contributed by atoms with Crippen molar-refractivity contribution in [3.05, 3.63) is 96.6 Å². The third-order valence-electron chi connectivity index (χ3n) is 6.08. The lowest BCUT2D eigenvalue weighted by Crippen LogP contribution is -2.13. The number of fused-ring (bicyclic) bond motifs is 1. The number of nitrogens with zero attached hydrogens (tertiary/aromatic N) is 4. The van der Waals surface area contributed by atoms with Gasteiger partial charge in [0, 0.05) is 28.9 Å². The van der Waals surface area contributed by atoms with Crippen LogP contribution in [0.3, 0.4) is 0 Å². The van der Waals surface area contributed by atoms with Crippen LogP contribution in [0.15, 0.2) is 90.3 Å². The molecule has 0 unspecified atom stereocenters. The van der Waals surface area contributed by atoms with Gasteiger partial charge in [0.25, 0.3) is 10.0 Å². The second-order valence-electron chi connectivity index (χ2n) is 8.53. The maximum Gasteiger partial charge on any atom is 0.416 e. The van der Waals surface area contributed by atoms with E-state index in [1.807, 2.05) is 0 Å². The number of rotatable bonds is 6. The fraction of sp³-hybridized carbons (Fsp3) is 0.0714. The number of methoxy groups -OCH3 is 1. The summed E-state index contributed by atoms with van der Waals surface area (Å²) in [6.45, 7) is 0. The molecule has 0 amide bonds. The number of hydrogen-bond donors (Lipinski definition) is 1. The number of nitriles is 1. The van der Waals surface area contributed by atoms with Gasteiger partial charge in [-0.2, -0.15) is 18.4 Å². The Kier molecular flexibility index (Phi) is 6.83. The van der Waals surface area contributed by atoms with Crippen LogP contribution in [0.5, 0.6) is 5.75 Å². The molecule has 2 heterocycles. The number of sulfonamides is 1. The summed E-state index contributed by atoms with van der Waals surface area (Å²) in [6, 6.07) is 17.3. The normalized spacial score (nSPS) is 11.7. The van der Waals surface area contributed by atoms with Crippen LogP contribution in [0, 0.1) is 11.3 Å². The molecule has 0 aliphatic rings. The number of hydrogen-bond acceptors (Lipinski definition) is 7. The maximum atomic E-state index is 13.3. The molecule has 2 aromatic heterocycles. The zero-order valence-electron chi connectivity index (χ0n) is 20.6. The molecule has 0 aliphatic heterocycles. The average molecular weight is 562 g/mol. The van der Waals surface area contributed by atoms with Gasteiger partial charge in [-0.1, -0.05) is 18.2 Å². The molecule has 200 valence electrons. The van der Waals surface area contributed by atoms with Gasteiger partial charge < -0.3 is 4.74 Å². The van der Waals surface area contributed by atoms with Crippen molar-refractivity contribution < 1.29 is 26.3 Å². The first-order valence-electron chi connectivity index (χ1n) is 11.6. The van der Waals surface area contributed by atoms with Crippen LogP contribution < -0.4 is 9.46 Å². The molecule has 12 heteroatoms. The minimum Gasteiger partial charge on any atom is -0.496 e. The number of anilines is 1. The lowest BCUT2D eigenvalue weighted by atomic mass is 9.94. The van der Waals surface area contributed by atoms with Crippen LogP contribution in [0.2, 0.25) is 0 Å². The molecule has 0 fully saturated rings. The quantitative estimate of drug-likeness (QED) is 0.268. The average Bonchev–Trinajstić information content (AvgIpc) is 2.95. The van der Waals surface area contributed by atoms with Crippen molar-refractivity contribution in [2.45, 2.75) is 11.1 Å². The van der Waals surface area contributed by atoms with E-state index in [1.54, 1.807) is 12.1 Å². The Hall–Kier alpha value is -5.02. The van der Waals surface area contributed by atoms with Gasteiger partial charge in [0.05, 0.1) is 34.9 Å². The predicted molar refractivity (Wildman–Crippen MR) is 142 cm³/mol. The van der Waals surface area contributed by atoms with Crippen LogP contribution in [-0.2, 0) is 16.2 Å². The Labute approximate surface area is 226 Å². The highest BCUT2D eigenvalue weighted by Crippen LogP contribution is 2.40. The molecule has 0 atom stereocenters. The molecule has 1 N–H and O–H groups in total. The Morgan fingerprint density at radius 2 is 1.77 bits per heavy atom.